The summed E-state index contributed by atoms with van der Waals surface area (Å²) in [6, 6.07) is 8.68. The Morgan fingerprint density at radius 2 is 2.03 bits per heavy atom. The number of carbonyl (C=O) groups excluding carboxylic acids is 1. The van der Waals surface area contributed by atoms with Crippen LogP contribution in [0.5, 0.6) is 0 Å². The number of hydrogen-bond donors (Lipinski definition) is 1. The molecule has 0 aliphatic carbocycles. The van der Waals surface area contributed by atoms with Gasteiger partial charge in [-0.2, -0.15) is 0 Å². The third-order valence-electron chi connectivity index (χ3n) is 4.56. The minimum atomic E-state index is -2.44. The first-order chi connectivity index (χ1) is 14.7. The zero-order chi connectivity index (χ0) is 22.2. The monoisotopic (exact) mass is 559 g/mol. The summed E-state index contributed by atoms with van der Waals surface area (Å²) in [4.78, 5) is 25.1. The zero-order valence-corrected chi connectivity index (χ0v) is 19.7. The maximum atomic E-state index is 15.0. The van der Waals surface area contributed by atoms with Crippen LogP contribution in [0.3, 0.4) is 0 Å². The fourth-order valence-electron chi connectivity index (χ4n) is 3.10. The van der Waals surface area contributed by atoms with Crippen molar-refractivity contribution in [2.45, 2.75) is 22.6 Å². The molecule has 0 saturated carbocycles. The van der Waals surface area contributed by atoms with Crippen LogP contribution in [-0.2, 0) is 14.0 Å². The molecule has 12 heteroatoms. The van der Waals surface area contributed by atoms with Gasteiger partial charge in [-0.1, -0.05) is 40.8 Å². The summed E-state index contributed by atoms with van der Waals surface area (Å²) >= 11 is 1.93. The molecule has 9 nitrogen and oxygen atoms in total. The van der Waals surface area contributed by atoms with Gasteiger partial charge in [0.1, 0.15) is 19.8 Å². The van der Waals surface area contributed by atoms with Crippen LogP contribution in [0, 0.1) is 0 Å². The summed E-state index contributed by atoms with van der Waals surface area (Å²) < 4.78 is 39.1. The molecule has 2 aromatic heterocycles. The average molecular weight is 559 g/mol. The summed E-state index contributed by atoms with van der Waals surface area (Å²) in [5, 5.41) is 2.71. The number of rotatable bonds is 6. The number of amides is 1. The van der Waals surface area contributed by atoms with Crippen molar-refractivity contribution in [2.24, 2.45) is 0 Å². The molecule has 0 bridgehead atoms. The third-order valence-corrected chi connectivity index (χ3v) is 6.61. The Hall–Kier alpha value is -1.95. The largest absolute Gasteiger partial charge is 0.344 e. The molecule has 0 spiro atoms. The van der Waals surface area contributed by atoms with Crippen LogP contribution >= 0.6 is 29.7 Å². The Morgan fingerprint density at radius 3 is 2.74 bits per heavy atom. The molecule has 31 heavy (non-hydrogen) atoms. The number of ether oxygens (including phenoxy) is 2. The summed E-state index contributed by atoms with van der Waals surface area (Å²) in [7, 11) is -2.44. The molecule has 3 heterocycles. The Morgan fingerprint density at radius 1 is 1.29 bits per heavy atom. The predicted octanol–water partition coefficient (Wildman–Crippen LogP) is 3.67. The van der Waals surface area contributed by atoms with Crippen molar-refractivity contribution in [3.63, 3.8) is 0 Å². The van der Waals surface area contributed by atoms with Crippen molar-refractivity contribution in [3.8, 4) is 0 Å². The van der Waals surface area contributed by atoms with Gasteiger partial charge in [-0.15, -0.1) is 0 Å². The molecular formula is C19H20FIN5O4P. The lowest BCUT2D eigenvalue weighted by molar-refractivity contribution is -0.138. The van der Waals surface area contributed by atoms with Crippen molar-refractivity contribution in [1.82, 2.24) is 19.5 Å². The van der Waals surface area contributed by atoms with E-state index < -0.39 is 29.8 Å². The minimum Gasteiger partial charge on any atom is -0.344 e. The standard InChI is InChI=1S/C19H20FIN5O4P/c1-31(2,28)10-29-19-13(21)12(20)18(30-19)26-9-24-14-15(22-8-23-16(14)26)25-17(27)11-6-4-3-5-7-11/h3-9,12-13,18-19H,10H2,1-2H3,(H,22,23,25,27)/t12-,13-,18+,19-/m0/s1. The number of nitrogens with one attached hydrogen (secondary N) is 1. The SMILES string of the molecule is CP(C)(=O)CO[C@H]1O[C@@H](n2cnc3c(NC(=O)c4ccccc4)ncnc32)[C@@H](F)[C@@H]1I. The Bertz CT molecular complexity index is 1140. The lowest BCUT2D eigenvalue weighted by Gasteiger charge is -2.17. The second kappa shape index (κ2) is 8.89. The van der Waals surface area contributed by atoms with Gasteiger partial charge in [0.25, 0.3) is 5.91 Å². The molecular weight excluding hydrogens is 539 g/mol. The fourth-order valence-corrected chi connectivity index (χ4v) is 4.34. The van der Waals surface area contributed by atoms with E-state index in [0.29, 0.717) is 16.7 Å². The van der Waals surface area contributed by atoms with Crippen molar-refractivity contribution in [1.29, 1.82) is 0 Å². The summed E-state index contributed by atoms with van der Waals surface area (Å²) in [5.74, 6) is -0.136. The maximum absolute atomic E-state index is 15.0. The van der Waals surface area contributed by atoms with Crippen molar-refractivity contribution in [2.75, 3.05) is 25.0 Å². The maximum Gasteiger partial charge on any atom is 0.256 e. The second-order valence-corrected chi connectivity index (χ2v) is 12.4. The summed E-state index contributed by atoms with van der Waals surface area (Å²) in [6.45, 7) is 3.19. The van der Waals surface area contributed by atoms with E-state index in [1.54, 1.807) is 37.6 Å². The molecule has 1 aliphatic heterocycles. The summed E-state index contributed by atoms with van der Waals surface area (Å²) in [6.07, 6.45) is -0.635. The number of nitrogens with zero attached hydrogens (tertiary/aromatic N) is 4. The number of carbonyl (C=O) groups is 1. The van der Waals surface area contributed by atoms with Gasteiger partial charge in [0.2, 0.25) is 0 Å². The van der Waals surface area contributed by atoms with E-state index in [4.69, 9.17) is 9.47 Å². The normalized spacial score (nSPS) is 23.9. The topological polar surface area (TPSA) is 108 Å². The van der Waals surface area contributed by atoms with E-state index in [-0.39, 0.29) is 18.1 Å². The molecule has 0 unspecified atom stereocenters. The molecule has 1 amide bonds. The highest BCUT2D eigenvalue weighted by Gasteiger charge is 2.46. The molecule has 1 aromatic carbocycles. The van der Waals surface area contributed by atoms with E-state index in [1.165, 1.54) is 17.2 Å². The Labute approximate surface area is 191 Å². The predicted molar refractivity (Wildman–Crippen MR) is 122 cm³/mol. The first-order valence-electron chi connectivity index (χ1n) is 9.38. The van der Waals surface area contributed by atoms with Gasteiger partial charge in [0.05, 0.1) is 10.3 Å². The number of fused-ring (bicyclic) bond motifs is 1. The summed E-state index contributed by atoms with van der Waals surface area (Å²) in [5.41, 5.74) is 1.09. The van der Waals surface area contributed by atoms with Crippen LogP contribution in [0.2, 0.25) is 0 Å². The smallest absolute Gasteiger partial charge is 0.256 e. The Kier molecular flexibility index (Phi) is 6.38. The van der Waals surface area contributed by atoms with Crippen LogP contribution in [0.15, 0.2) is 43.0 Å². The van der Waals surface area contributed by atoms with E-state index in [0.717, 1.165) is 0 Å². The molecule has 0 radical (unpaired) electrons. The quantitative estimate of drug-likeness (QED) is 0.279. The van der Waals surface area contributed by atoms with Crippen molar-refractivity contribution >= 4 is 52.6 Å². The van der Waals surface area contributed by atoms with Gasteiger partial charge in [0.15, 0.2) is 35.7 Å². The van der Waals surface area contributed by atoms with Crippen LogP contribution in [0.1, 0.15) is 16.6 Å². The first kappa shape index (κ1) is 22.3. The van der Waals surface area contributed by atoms with Crippen LogP contribution in [0.25, 0.3) is 11.2 Å². The van der Waals surface area contributed by atoms with Crippen molar-refractivity contribution < 1.29 is 23.2 Å². The lowest BCUT2D eigenvalue weighted by Crippen LogP contribution is -2.24. The fraction of sp³-hybridized carbons (Fsp3) is 0.368. The number of alkyl halides is 2. The highest BCUT2D eigenvalue weighted by molar-refractivity contribution is 14.1. The number of anilines is 1. The van der Waals surface area contributed by atoms with Crippen molar-refractivity contribution in [3.05, 3.63) is 48.5 Å². The average Bonchev–Trinajstić information content (AvgIpc) is 3.29. The van der Waals surface area contributed by atoms with E-state index >= 15 is 4.39 Å². The minimum absolute atomic E-state index is 0.000873. The lowest BCUT2D eigenvalue weighted by atomic mass is 10.2. The number of aromatic nitrogens is 4. The molecule has 164 valence electrons. The zero-order valence-electron chi connectivity index (χ0n) is 16.7. The highest BCUT2D eigenvalue weighted by atomic mass is 127. The second-order valence-electron chi connectivity index (χ2n) is 7.52. The first-order valence-corrected chi connectivity index (χ1v) is 13.4. The van der Waals surface area contributed by atoms with Gasteiger partial charge in [0, 0.05) is 5.56 Å². The molecule has 4 atom stereocenters. The van der Waals surface area contributed by atoms with Gasteiger partial charge >= 0.3 is 0 Å². The molecule has 1 N–H and O–H groups in total. The molecule has 1 fully saturated rings. The molecule has 3 aromatic rings. The number of benzene rings is 1. The van der Waals surface area contributed by atoms with E-state index in [1.807, 2.05) is 28.7 Å². The van der Waals surface area contributed by atoms with Crippen LogP contribution < -0.4 is 5.32 Å². The van der Waals surface area contributed by atoms with Crippen LogP contribution in [0.4, 0.5) is 10.2 Å². The highest BCUT2D eigenvalue weighted by Crippen LogP contribution is 2.42. The van der Waals surface area contributed by atoms with Crippen LogP contribution in [-0.4, -0.2) is 61.5 Å². The number of hydrogen-bond acceptors (Lipinski definition) is 7. The number of halogens is 2. The third kappa shape index (κ3) is 4.79. The van der Waals surface area contributed by atoms with Gasteiger partial charge in [-0.05, 0) is 25.5 Å². The molecule has 1 saturated heterocycles. The van der Waals surface area contributed by atoms with Gasteiger partial charge in [-0.25, -0.2) is 19.3 Å². The van der Waals surface area contributed by atoms with Gasteiger partial charge < -0.3 is 19.4 Å². The molecule has 4 rings (SSSR count). The van der Waals surface area contributed by atoms with E-state index in [9.17, 15) is 9.36 Å². The number of imidazole rings is 1. The Balaban J connectivity index is 1.58. The molecule has 1 aliphatic rings. The van der Waals surface area contributed by atoms with Gasteiger partial charge in [-0.3, -0.25) is 9.36 Å². The van der Waals surface area contributed by atoms with E-state index in [2.05, 4.69) is 20.3 Å².